The fraction of sp³-hybridized carbons (Fsp3) is 0.333. The van der Waals surface area contributed by atoms with Crippen molar-refractivity contribution in [3.63, 3.8) is 0 Å². The molecule has 4 nitrogen and oxygen atoms in total. The molecule has 0 saturated carbocycles. The van der Waals surface area contributed by atoms with Gasteiger partial charge in [0, 0.05) is 28.9 Å². The predicted octanol–water partition coefficient (Wildman–Crippen LogP) is 2.96. The second-order valence-corrected chi connectivity index (χ2v) is 6.73. The van der Waals surface area contributed by atoms with Gasteiger partial charge >= 0.3 is 0 Å². The van der Waals surface area contributed by atoms with Crippen molar-refractivity contribution in [3.05, 3.63) is 50.9 Å². The van der Waals surface area contributed by atoms with E-state index in [0.29, 0.717) is 23.8 Å². The van der Waals surface area contributed by atoms with Crippen LogP contribution in [-0.4, -0.2) is 17.4 Å². The average molecular weight is 324 g/mol. The summed E-state index contributed by atoms with van der Waals surface area (Å²) in [4.78, 5) is 16.3. The first kappa shape index (κ1) is 15.9. The molecule has 6 heteroatoms. The van der Waals surface area contributed by atoms with Crippen LogP contribution in [0, 0.1) is 0 Å². The maximum atomic E-state index is 12.1. The third-order valence-electron chi connectivity index (χ3n) is 3.25. The van der Waals surface area contributed by atoms with E-state index in [1.165, 1.54) is 11.3 Å². The molecule has 0 radical (unpaired) electrons. The normalized spacial score (nSPS) is 11.4. The van der Waals surface area contributed by atoms with Crippen molar-refractivity contribution in [1.82, 2.24) is 10.3 Å². The molecule has 0 aliphatic heterocycles. The van der Waals surface area contributed by atoms with Gasteiger partial charge in [-0.05, 0) is 11.6 Å². The SMILES string of the molecule is CC(C)(CNC(=O)c1csc(CN)n1)c1ccccc1Cl. The fourth-order valence-corrected chi connectivity index (χ4v) is 3.05. The molecule has 0 bridgehead atoms. The number of nitrogens with two attached hydrogens (primary N) is 1. The molecule has 0 atom stereocenters. The second-order valence-electron chi connectivity index (χ2n) is 5.38. The molecule has 0 aliphatic carbocycles. The van der Waals surface area contributed by atoms with Gasteiger partial charge in [-0.15, -0.1) is 11.3 Å². The van der Waals surface area contributed by atoms with Crippen molar-refractivity contribution in [2.24, 2.45) is 5.73 Å². The standard InChI is InChI=1S/C15H18ClN3OS/c1-15(2,10-5-3-4-6-11(10)16)9-18-14(20)12-8-21-13(7-17)19-12/h3-6,8H,7,9,17H2,1-2H3,(H,18,20). The minimum Gasteiger partial charge on any atom is -0.350 e. The van der Waals surface area contributed by atoms with Gasteiger partial charge in [-0.2, -0.15) is 0 Å². The van der Waals surface area contributed by atoms with Crippen LogP contribution in [0.3, 0.4) is 0 Å². The third kappa shape index (κ3) is 3.81. The topological polar surface area (TPSA) is 68.0 Å². The van der Waals surface area contributed by atoms with Crippen molar-refractivity contribution in [1.29, 1.82) is 0 Å². The van der Waals surface area contributed by atoms with Gasteiger partial charge in [-0.1, -0.05) is 43.6 Å². The maximum Gasteiger partial charge on any atom is 0.270 e. The molecule has 0 saturated heterocycles. The number of thiazole rings is 1. The van der Waals surface area contributed by atoms with Crippen molar-refractivity contribution in [2.45, 2.75) is 25.8 Å². The number of aromatic nitrogens is 1. The van der Waals surface area contributed by atoms with Gasteiger partial charge < -0.3 is 11.1 Å². The van der Waals surface area contributed by atoms with Gasteiger partial charge in [-0.3, -0.25) is 4.79 Å². The second kappa shape index (κ2) is 6.56. The Labute approximate surface area is 133 Å². The number of hydrogen-bond acceptors (Lipinski definition) is 4. The van der Waals surface area contributed by atoms with Crippen LogP contribution in [0.5, 0.6) is 0 Å². The van der Waals surface area contributed by atoms with Gasteiger partial charge in [0.1, 0.15) is 10.7 Å². The van der Waals surface area contributed by atoms with E-state index in [1.807, 2.05) is 38.1 Å². The van der Waals surface area contributed by atoms with Crippen molar-refractivity contribution in [3.8, 4) is 0 Å². The van der Waals surface area contributed by atoms with E-state index in [4.69, 9.17) is 17.3 Å². The molecule has 0 fully saturated rings. The van der Waals surface area contributed by atoms with E-state index >= 15 is 0 Å². The minimum absolute atomic E-state index is 0.189. The summed E-state index contributed by atoms with van der Waals surface area (Å²) in [5.74, 6) is -0.189. The average Bonchev–Trinajstić information content (AvgIpc) is 2.94. The van der Waals surface area contributed by atoms with Crippen LogP contribution < -0.4 is 11.1 Å². The molecule has 0 spiro atoms. The van der Waals surface area contributed by atoms with Crippen molar-refractivity contribution >= 4 is 28.8 Å². The van der Waals surface area contributed by atoms with E-state index in [2.05, 4.69) is 10.3 Å². The third-order valence-corrected chi connectivity index (χ3v) is 4.45. The summed E-state index contributed by atoms with van der Waals surface area (Å²) in [6, 6.07) is 7.67. The first-order valence-electron chi connectivity index (χ1n) is 6.62. The Kier molecular flexibility index (Phi) is 4.98. The lowest BCUT2D eigenvalue weighted by Gasteiger charge is -2.26. The minimum atomic E-state index is -0.263. The van der Waals surface area contributed by atoms with Crippen LogP contribution in [0.25, 0.3) is 0 Å². The molecule has 0 unspecified atom stereocenters. The summed E-state index contributed by atoms with van der Waals surface area (Å²) in [6.07, 6.45) is 0. The zero-order valence-corrected chi connectivity index (χ0v) is 13.6. The van der Waals surface area contributed by atoms with Crippen molar-refractivity contribution in [2.75, 3.05) is 6.54 Å². The molecular weight excluding hydrogens is 306 g/mol. The Morgan fingerprint density at radius 1 is 1.43 bits per heavy atom. The van der Waals surface area contributed by atoms with Gasteiger partial charge in [0.25, 0.3) is 5.91 Å². The van der Waals surface area contributed by atoms with Gasteiger partial charge in [-0.25, -0.2) is 4.98 Å². The largest absolute Gasteiger partial charge is 0.350 e. The van der Waals surface area contributed by atoms with Gasteiger partial charge in [0.05, 0.1) is 0 Å². The quantitative estimate of drug-likeness (QED) is 0.889. The molecule has 112 valence electrons. The Bertz CT molecular complexity index is 639. The van der Waals surface area contributed by atoms with Crippen LogP contribution >= 0.6 is 22.9 Å². The van der Waals surface area contributed by atoms with Crippen LogP contribution in [0.1, 0.15) is 34.9 Å². The molecule has 3 N–H and O–H groups in total. The Morgan fingerprint density at radius 2 is 2.14 bits per heavy atom. The van der Waals surface area contributed by atoms with E-state index in [9.17, 15) is 4.79 Å². The molecule has 2 rings (SSSR count). The highest BCUT2D eigenvalue weighted by Crippen LogP contribution is 2.29. The number of rotatable bonds is 5. The lowest BCUT2D eigenvalue weighted by Crippen LogP contribution is -2.37. The summed E-state index contributed by atoms with van der Waals surface area (Å²) in [6.45, 7) is 4.91. The van der Waals surface area contributed by atoms with E-state index < -0.39 is 0 Å². The summed E-state index contributed by atoms with van der Waals surface area (Å²) < 4.78 is 0. The number of carbonyl (C=O) groups excluding carboxylic acids is 1. The highest BCUT2D eigenvalue weighted by Gasteiger charge is 2.24. The number of nitrogens with zero attached hydrogens (tertiary/aromatic N) is 1. The van der Waals surface area contributed by atoms with Crippen LogP contribution in [0.2, 0.25) is 5.02 Å². The fourth-order valence-electron chi connectivity index (χ4n) is 2.01. The van der Waals surface area contributed by atoms with Crippen LogP contribution in [0.15, 0.2) is 29.6 Å². The van der Waals surface area contributed by atoms with Gasteiger partial charge in [0.2, 0.25) is 0 Å². The molecule has 21 heavy (non-hydrogen) atoms. The lowest BCUT2D eigenvalue weighted by atomic mass is 9.84. The molecule has 1 aromatic heterocycles. The number of benzene rings is 1. The van der Waals surface area contributed by atoms with Crippen molar-refractivity contribution < 1.29 is 4.79 Å². The first-order chi connectivity index (χ1) is 9.94. The summed E-state index contributed by atoms with van der Waals surface area (Å²) in [5, 5.41) is 6.09. The Hall–Kier alpha value is -1.43. The molecule has 1 amide bonds. The molecular formula is C15H18ClN3OS. The number of nitrogens with one attached hydrogen (secondary N) is 1. The maximum absolute atomic E-state index is 12.1. The number of hydrogen-bond donors (Lipinski definition) is 2. The number of carbonyl (C=O) groups is 1. The highest BCUT2D eigenvalue weighted by atomic mass is 35.5. The molecule has 2 aromatic rings. The zero-order chi connectivity index (χ0) is 15.5. The van der Waals surface area contributed by atoms with E-state index in [0.717, 1.165) is 10.6 Å². The number of halogens is 1. The number of amides is 1. The Morgan fingerprint density at radius 3 is 2.76 bits per heavy atom. The predicted molar refractivity (Wildman–Crippen MR) is 86.8 cm³/mol. The molecule has 0 aliphatic rings. The Balaban J connectivity index is 2.04. The lowest BCUT2D eigenvalue weighted by molar-refractivity contribution is 0.0941. The smallest absolute Gasteiger partial charge is 0.270 e. The van der Waals surface area contributed by atoms with Crippen LogP contribution in [-0.2, 0) is 12.0 Å². The molecule has 1 aromatic carbocycles. The summed E-state index contributed by atoms with van der Waals surface area (Å²) >= 11 is 7.62. The highest BCUT2D eigenvalue weighted by molar-refractivity contribution is 7.09. The first-order valence-corrected chi connectivity index (χ1v) is 7.87. The van der Waals surface area contributed by atoms with Crippen LogP contribution in [0.4, 0.5) is 0 Å². The summed E-state index contributed by atoms with van der Waals surface area (Å²) in [7, 11) is 0. The monoisotopic (exact) mass is 323 g/mol. The summed E-state index contributed by atoms with van der Waals surface area (Å²) in [5.41, 5.74) is 6.66. The zero-order valence-electron chi connectivity index (χ0n) is 12.0. The van der Waals surface area contributed by atoms with Gasteiger partial charge in [0.15, 0.2) is 0 Å². The molecule has 1 heterocycles. The van der Waals surface area contributed by atoms with E-state index in [1.54, 1.807) is 5.38 Å². The van der Waals surface area contributed by atoms with E-state index in [-0.39, 0.29) is 11.3 Å².